The Hall–Kier alpha value is -2.23. The van der Waals surface area contributed by atoms with E-state index in [1.54, 1.807) is 0 Å². The molecule has 1 aromatic carbocycles. The van der Waals surface area contributed by atoms with E-state index >= 15 is 0 Å². The molecule has 0 radical (unpaired) electrons. The first kappa shape index (κ1) is 11.8. The number of nitrogens with zero attached hydrogens (tertiary/aromatic N) is 2. The van der Waals surface area contributed by atoms with Crippen LogP contribution in [0.1, 0.15) is 13.8 Å². The van der Waals surface area contributed by atoms with Crippen molar-refractivity contribution in [3.63, 3.8) is 0 Å². The average Bonchev–Trinajstić information content (AvgIpc) is 2.91. The number of aromatic nitrogens is 2. The van der Waals surface area contributed by atoms with Gasteiger partial charge in [0.05, 0.1) is 5.69 Å². The third-order valence-electron chi connectivity index (χ3n) is 3.00. The maximum Gasteiger partial charge on any atom is 0.157 e. The van der Waals surface area contributed by atoms with Gasteiger partial charge in [0, 0.05) is 18.1 Å². The number of furan rings is 1. The van der Waals surface area contributed by atoms with Crippen LogP contribution in [-0.4, -0.2) is 9.78 Å². The Morgan fingerprint density at radius 3 is 2.84 bits per heavy atom. The van der Waals surface area contributed by atoms with Crippen molar-refractivity contribution in [3.8, 4) is 11.5 Å². The van der Waals surface area contributed by atoms with Crippen molar-refractivity contribution in [3.05, 3.63) is 36.5 Å². The summed E-state index contributed by atoms with van der Waals surface area (Å²) >= 11 is 0. The fourth-order valence-corrected chi connectivity index (χ4v) is 2.19. The maximum atomic E-state index is 6.03. The molecule has 0 fully saturated rings. The zero-order valence-electron chi connectivity index (χ0n) is 11.1. The number of nitrogens with two attached hydrogens (primary N) is 1. The summed E-state index contributed by atoms with van der Waals surface area (Å²) < 4.78 is 7.67. The van der Waals surface area contributed by atoms with Gasteiger partial charge in [0.25, 0.3) is 0 Å². The van der Waals surface area contributed by atoms with Crippen molar-refractivity contribution in [2.24, 2.45) is 5.92 Å². The van der Waals surface area contributed by atoms with Gasteiger partial charge in [-0.3, -0.25) is 4.68 Å². The minimum Gasteiger partial charge on any atom is -0.454 e. The van der Waals surface area contributed by atoms with Gasteiger partial charge < -0.3 is 10.2 Å². The van der Waals surface area contributed by atoms with E-state index in [9.17, 15) is 0 Å². The van der Waals surface area contributed by atoms with Gasteiger partial charge in [-0.05, 0) is 18.1 Å². The molecule has 0 unspecified atom stereocenters. The van der Waals surface area contributed by atoms with E-state index in [-0.39, 0.29) is 0 Å². The summed E-state index contributed by atoms with van der Waals surface area (Å²) in [4.78, 5) is 0. The van der Waals surface area contributed by atoms with Crippen LogP contribution in [0.5, 0.6) is 0 Å². The number of fused-ring (bicyclic) bond motifs is 1. The summed E-state index contributed by atoms with van der Waals surface area (Å²) in [5.74, 6) is 1.25. The topological polar surface area (TPSA) is 57.0 Å². The van der Waals surface area contributed by atoms with E-state index < -0.39 is 0 Å². The average molecular weight is 255 g/mol. The second-order valence-corrected chi connectivity index (χ2v) is 5.20. The zero-order chi connectivity index (χ0) is 13.4. The molecule has 0 aliphatic heterocycles. The van der Waals surface area contributed by atoms with Gasteiger partial charge in [0.1, 0.15) is 5.58 Å². The Morgan fingerprint density at radius 1 is 1.32 bits per heavy atom. The molecule has 0 aliphatic rings. The molecular weight excluding hydrogens is 238 g/mol. The monoisotopic (exact) mass is 255 g/mol. The molecule has 0 aliphatic carbocycles. The van der Waals surface area contributed by atoms with Gasteiger partial charge in [-0.25, -0.2) is 0 Å². The molecule has 0 saturated carbocycles. The SMILES string of the molecule is CC(C)Cn1cc(N)c(-c2cc3ccccc3o2)n1. The third-order valence-corrected chi connectivity index (χ3v) is 3.00. The van der Waals surface area contributed by atoms with E-state index in [1.165, 1.54) is 0 Å². The first-order valence-corrected chi connectivity index (χ1v) is 6.45. The van der Waals surface area contributed by atoms with Crippen LogP contribution < -0.4 is 5.73 Å². The molecule has 0 amide bonds. The smallest absolute Gasteiger partial charge is 0.157 e. The number of benzene rings is 1. The van der Waals surface area contributed by atoms with E-state index in [0.717, 1.165) is 29.0 Å². The summed E-state index contributed by atoms with van der Waals surface area (Å²) in [6, 6.07) is 9.89. The summed E-state index contributed by atoms with van der Waals surface area (Å²) in [7, 11) is 0. The Morgan fingerprint density at radius 2 is 2.11 bits per heavy atom. The summed E-state index contributed by atoms with van der Waals surface area (Å²) in [6.07, 6.45) is 1.86. The highest BCUT2D eigenvalue weighted by molar-refractivity contribution is 5.84. The molecule has 19 heavy (non-hydrogen) atoms. The lowest BCUT2D eigenvalue weighted by atomic mass is 10.2. The molecular formula is C15H17N3O. The number of nitrogen functional groups attached to an aromatic ring is 1. The van der Waals surface area contributed by atoms with Crippen LogP contribution in [0.25, 0.3) is 22.4 Å². The number of para-hydroxylation sites is 1. The first-order chi connectivity index (χ1) is 9.13. The normalized spacial score (nSPS) is 11.5. The van der Waals surface area contributed by atoms with Crippen LogP contribution in [0.15, 0.2) is 40.9 Å². The second-order valence-electron chi connectivity index (χ2n) is 5.20. The molecule has 98 valence electrons. The van der Waals surface area contributed by atoms with Crippen LogP contribution >= 0.6 is 0 Å². The van der Waals surface area contributed by atoms with E-state index in [4.69, 9.17) is 10.2 Å². The highest BCUT2D eigenvalue weighted by atomic mass is 16.3. The highest BCUT2D eigenvalue weighted by Gasteiger charge is 2.13. The number of rotatable bonds is 3. The molecule has 4 nitrogen and oxygen atoms in total. The fourth-order valence-electron chi connectivity index (χ4n) is 2.19. The van der Waals surface area contributed by atoms with Crippen LogP contribution in [-0.2, 0) is 6.54 Å². The van der Waals surface area contributed by atoms with Crippen LogP contribution in [0.2, 0.25) is 0 Å². The van der Waals surface area contributed by atoms with Crippen molar-refractivity contribution in [2.75, 3.05) is 5.73 Å². The standard InChI is InChI=1S/C15H17N3O/c1-10(2)8-18-9-12(16)15(17-18)14-7-11-5-3-4-6-13(11)19-14/h3-7,9-10H,8,16H2,1-2H3. The number of anilines is 1. The molecule has 0 atom stereocenters. The quantitative estimate of drug-likeness (QED) is 0.778. The van der Waals surface area contributed by atoms with E-state index in [2.05, 4.69) is 18.9 Å². The van der Waals surface area contributed by atoms with E-state index in [1.807, 2.05) is 41.2 Å². The predicted molar refractivity (Wildman–Crippen MR) is 76.7 cm³/mol. The zero-order valence-corrected chi connectivity index (χ0v) is 11.1. The van der Waals surface area contributed by atoms with Crippen LogP contribution in [0, 0.1) is 5.92 Å². The lowest BCUT2D eigenvalue weighted by molar-refractivity contribution is 0.483. The minimum atomic E-state index is 0.530. The molecule has 0 spiro atoms. The third kappa shape index (κ3) is 2.21. The first-order valence-electron chi connectivity index (χ1n) is 6.45. The van der Waals surface area contributed by atoms with Crippen LogP contribution in [0.4, 0.5) is 5.69 Å². The maximum absolute atomic E-state index is 6.03. The Balaban J connectivity index is 2.03. The minimum absolute atomic E-state index is 0.530. The van der Waals surface area contributed by atoms with Crippen LogP contribution in [0.3, 0.4) is 0 Å². The van der Waals surface area contributed by atoms with Gasteiger partial charge in [0.15, 0.2) is 11.5 Å². The van der Waals surface area contributed by atoms with Crippen molar-refractivity contribution in [1.82, 2.24) is 9.78 Å². The molecule has 3 rings (SSSR count). The largest absolute Gasteiger partial charge is 0.454 e. The molecule has 3 aromatic rings. The summed E-state index contributed by atoms with van der Waals surface area (Å²) in [6.45, 7) is 5.15. The van der Waals surface area contributed by atoms with Gasteiger partial charge in [-0.2, -0.15) is 5.10 Å². The molecule has 0 saturated heterocycles. The molecule has 2 N–H and O–H groups in total. The second kappa shape index (κ2) is 4.46. The lowest BCUT2D eigenvalue weighted by Crippen LogP contribution is -2.04. The van der Waals surface area contributed by atoms with Crippen molar-refractivity contribution in [1.29, 1.82) is 0 Å². The highest BCUT2D eigenvalue weighted by Crippen LogP contribution is 2.30. The predicted octanol–water partition coefficient (Wildman–Crippen LogP) is 3.53. The lowest BCUT2D eigenvalue weighted by Gasteiger charge is -2.03. The molecule has 4 heteroatoms. The summed E-state index contributed by atoms with van der Waals surface area (Å²) in [5, 5.41) is 5.58. The Labute approximate surface area is 111 Å². The molecule has 2 aromatic heterocycles. The van der Waals surface area contributed by atoms with Gasteiger partial charge in [0.2, 0.25) is 0 Å². The van der Waals surface area contributed by atoms with E-state index in [0.29, 0.717) is 11.6 Å². The fraction of sp³-hybridized carbons (Fsp3) is 0.267. The Kier molecular flexibility index (Phi) is 2.78. The van der Waals surface area contributed by atoms with Crippen molar-refractivity contribution in [2.45, 2.75) is 20.4 Å². The Bertz CT molecular complexity index is 676. The van der Waals surface area contributed by atoms with Crippen molar-refractivity contribution < 1.29 is 4.42 Å². The number of hydrogen-bond donors (Lipinski definition) is 1. The van der Waals surface area contributed by atoms with Gasteiger partial charge in [-0.15, -0.1) is 0 Å². The molecule has 0 bridgehead atoms. The summed E-state index contributed by atoms with van der Waals surface area (Å²) in [5.41, 5.74) is 8.26. The van der Waals surface area contributed by atoms with Gasteiger partial charge >= 0.3 is 0 Å². The van der Waals surface area contributed by atoms with Crippen molar-refractivity contribution >= 4 is 16.7 Å². The van der Waals surface area contributed by atoms with Gasteiger partial charge in [-0.1, -0.05) is 32.0 Å². The number of hydrogen-bond acceptors (Lipinski definition) is 3. The molecule has 2 heterocycles.